The minimum Gasteiger partial charge on any atom is -0.457 e. The molecule has 0 aliphatic carbocycles. The van der Waals surface area contributed by atoms with Crippen LogP contribution in [0.5, 0.6) is 11.5 Å². The summed E-state index contributed by atoms with van der Waals surface area (Å²) in [5.41, 5.74) is 1.97. The van der Waals surface area contributed by atoms with Gasteiger partial charge in [-0.05, 0) is 69.6 Å². The van der Waals surface area contributed by atoms with Crippen molar-refractivity contribution in [2.24, 2.45) is 0 Å². The molecule has 0 bridgehead atoms. The number of carbonyl (C=O) groups is 1. The third-order valence-corrected chi connectivity index (χ3v) is 5.73. The van der Waals surface area contributed by atoms with Gasteiger partial charge in [0.25, 0.3) is 0 Å². The van der Waals surface area contributed by atoms with Gasteiger partial charge in [0.1, 0.15) is 11.5 Å². The molecule has 5 nitrogen and oxygen atoms in total. The van der Waals surface area contributed by atoms with Crippen LogP contribution in [0.3, 0.4) is 0 Å². The second-order valence-electron chi connectivity index (χ2n) is 7.21. The Labute approximate surface area is 172 Å². The molecule has 1 amide bonds. The van der Waals surface area contributed by atoms with Gasteiger partial charge in [-0.15, -0.1) is 11.8 Å². The first kappa shape index (κ1) is 20.7. The van der Waals surface area contributed by atoms with E-state index in [1.165, 1.54) is 4.90 Å². The van der Waals surface area contributed by atoms with Crippen LogP contribution >= 0.6 is 11.8 Å². The van der Waals surface area contributed by atoms with Crippen LogP contribution in [-0.2, 0) is 11.3 Å². The molecule has 2 aromatic carbocycles. The molecule has 3 rings (SSSR count). The molecular weight excluding hydrogens is 370 g/mol. The van der Waals surface area contributed by atoms with E-state index in [-0.39, 0.29) is 5.91 Å². The van der Waals surface area contributed by atoms with E-state index in [1.807, 2.05) is 36.2 Å². The standard InChI is InChI=1S/C22H29N3O2S/c1-16(2)24-11-12-25(22(26)15-24)18-5-10-21(17(13-18)14-23-3)27-19-6-8-20(28-4)9-7-19/h5-10,13,16,23H,11-12,14-15H2,1-4H3. The van der Waals surface area contributed by atoms with Gasteiger partial charge in [-0.25, -0.2) is 0 Å². The number of hydrogen-bond acceptors (Lipinski definition) is 5. The minimum absolute atomic E-state index is 0.150. The fourth-order valence-electron chi connectivity index (χ4n) is 3.34. The van der Waals surface area contributed by atoms with E-state index in [2.05, 4.69) is 48.5 Å². The highest BCUT2D eigenvalue weighted by Crippen LogP contribution is 2.31. The van der Waals surface area contributed by atoms with Crippen molar-refractivity contribution < 1.29 is 9.53 Å². The Hall–Kier alpha value is -2.02. The number of ether oxygens (including phenoxy) is 1. The molecule has 0 aromatic heterocycles. The van der Waals surface area contributed by atoms with Crippen molar-refractivity contribution >= 4 is 23.4 Å². The van der Waals surface area contributed by atoms with E-state index in [9.17, 15) is 4.79 Å². The van der Waals surface area contributed by atoms with Gasteiger partial charge in [0, 0.05) is 41.8 Å². The van der Waals surface area contributed by atoms with Gasteiger partial charge < -0.3 is 15.0 Å². The average molecular weight is 400 g/mol. The molecule has 0 saturated carbocycles. The number of rotatable bonds is 7. The summed E-state index contributed by atoms with van der Waals surface area (Å²) < 4.78 is 6.12. The maximum atomic E-state index is 12.7. The monoisotopic (exact) mass is 399 g/mol. The van der Waals surface area contributed by atoms with Gasteiger partial charge in [0.15, 0.2) is 0 Å². The average Bonchev–Trinajstić information content (AvgIpc) is 2.70. The highest BCUT2D eigenvalue weighted by molar-refractivity contribution is 7.98. The van der Waals surface area contributed by atoms with Crippen molar-refractivity contribution in [3.63, 3.8) is 0 Å². The number of anilines is 1. The second-order valence-corrected chi connectivity index (χ2v) is 8.09. The molecule has 150 valence electrons. The van der Waals surface area contributed by atoms with Crippen LogP contribution in [0, 0.1) is 0 Å². The lowest BCUT2D eigenvalue weighted by Crippen LogP contribution is -2.52. The molecule has 0 unspecified atom stereocenters. The Kier molecular flexibility index (Phi) is 6.99. The van der Waals surface area contributed by atoms with E-state index in [1.54, 1.807) is 11.8 Å². The molecule has 1 N–H and O–H groups in total. The normalized spacial score (nSPS) is 15.3. The predicted octanol–water partition coefficient (Wildman–Crippen LogP) is 3.98. The number of nitrogens with zero attached hydrogens (tertiary/aromatic N) is 2. The second kappa shape index (κ2) is 9.45. The van der Waals surface area contributed by atoms with Gasteiger partial charge in [-0.1, -0.05) is 0 Å². The summed E-state index contributed by atoms with van der Waals surface area (Å²) in [6.07, 6.45) is 2.06. The SMILES string of the molecule is CNCc1cc(N2CCN(C(C)C)CC2=O)ccc1Oc1ccc(SC)cc1. The van der Waals surface area contributed by atoms with Crippen molar-refractivity contribution in [3.8, 4) is 11.5 Å². The van der Waals surface area contributed by atoms with Crippen molar-refractivity contribution in [2.45, 2.75) is 31.3 Å². The Bertz CT molecular complexity index is 808. The predicted molar refractivity (Wildman–Crippen MR) is 117 cm³/mol. The maximum Gasteiger partial charge on any atom is 0.241 e. The molecule has 6 heteroatoms. The number of amides is 1. The number of hydrogen-bond donors (Lipinski definition) is 1. The van der Waals surface area contributed by atoms with Crippen molar-refractivity contribution in [2.75, 3.05) is 37.8 Å². The lowest BCUT2D eigenvalue weighted by molar-refractivity contribution is -0.121. The Morgan fingerprint density at radius 1 is 1.14 bits per heavy atom. The smallest absolute Gasteiger partial charge is 0.241 e. The van der Waals surface area contributed by atoms with Crippen LogP contribution < -0.4 is 15.0 Å². The Balaban J connectivity index is 1.79. The molecule has 2 aromatic rings. The molecule has 1 aliphatic rings. The molecular formula is C22H29N3O2S. The van der Waals surface area contributed by atoms with E-state index in [4.69, 9.17) is 4.74 Å². The van der Waals surface area contributed by atoms with E-state index < -0.39 is 0 Å². The first-order valence-corrected chi connectivity index (χ1v) is 10.9. The number of nitrogens with one attached hydrogen (secondary N) is 1. The van der Waals surface area contributed by atoms with Gasteiger partial charge in [0.2, 0.25) is 5.91 Å². The molecule has 1 aliphatic heterocycles. The number of benzene rings is 2. The molecule has 0 radical (unpaired) electrons. The van der Waals surface area contributed by atoms with Gasteiger partial charge >= 0.3 is 0 Å². The molecule has 1 heterocycles. The quantitative estimate of drug-likeness (QED) is 0.714. The number of carbonyl (C=O) groups excluding carboxylic acids is 1. The largest absolute Gasteiger partial charge is 0.457 e. The summed E-state index contributed by atoms with van der Waals surface area (Å²) in [6.45, 7) is 7.01. The zero-order chi connectivity index (χ0) is 20.1. The number of thioether (sulfide) groups is 1. The minimum atomic E-state index is 0.150. The van der Waals surface area contributed by atoms with Crippen LogP contribution in [0.25, 0.3) is 0 Å². The van der Waals surface area contributed by atoms with Gasteiger partial charge in [-0.2, -0.15) is 0 Å². The summed E-state index contributed by atoms with van der Waals surface area (Å²) in [6, 6.07) is 14.5. The summed E-state index contributed by atoms with van der Waals surface area (Å²) in [4.78, 5) is 18.0. The van der Waals surface area contributed by atoms with E-state index in [0.29, 0.717) is 25.7 Å². The molecule has 1 fully saturated rings. The van der Waals surface area contributed by atoms with Crippen molar-refractivity contribution in [3.05, 3.63) is 48.0 Å². The van der Waals surface area contributed by atoms with Gasteiger partial charge in [0.05, 0.1) is 6.54 Å². The van der Waals surface area contributed by atoms with Crippen LogP contribution in [0.1, 0.15) is 19.4 Å². The fourth-order valence-corrected chi connectivity index (χ4v) is 3.75. The van der Waals surface area contributed by atoms with E-state index >= 15 is 0 Å². The topological polar surface area (TPSA) is 44.8 Å². The third kappa shape index (κ3) is 4.87. The number of piperazine rings is 1. The van der Waals surface area contributed by atoms with Crippen LogP contribution in [0.2, 0.25) is 0 Å². The zero-order valence-electron chi connectivity index (χ0n) is 17.1. The lowest BCUT2D eigenvalue weighted by atomic mass is 10.1. The van der Waals surface area contributed by atoms with E-state index in [0.717, 1.165) is 29.3 Å². The summed E-state index contributed by atoms with van der Waals surface area (Å²) in [5.74, 6) is 1.77. The zero-order valence-corrected chi connectivity index (χ0v) is 17.9. The van der Waals surface area contributed by atoms with Gasteiger partial charge in [-0.3, -0.25) is 9.69 Å². The maximum absolute atomic E-state index is 12.7. The van der Waals surface area contributed by atoms with Crippen molar-refractivity contribution in [1.29, 1.82) is 0 Å². The van der Waals surface area contributed by atoms with Crippen molar-refractivity contribution in [1.82, 2.24) is 10.2 Å². The summed E-state index contributed by atoms with van der Waals surface area (Å²) in [7, 11) is 1.91. The Morgan fingerprint density at radius 2 is 1.89 bits per heavy atom. The molecule has 0 spiro atoms. The Morgan fingerprint density at radius 3 is 2.50 bits per heavy atom. The van der Waals surface area contributed by atoms with Crippen LogP contribution in [0.4, 0.5) is 5.69 Å². The molecule has 28 heavy (non-hydrogen) atoms. The lowest BCUT2D eigenvalue weighted by Gasteiger charge is -2.36. The van der Waals surface area contributed by atoms with Crippen LogP contribution in [-0.4, -0.2) is 49.8 Å². The highest BCUT2D eigenvalue weighted by Gasteiger charge is 2.26. The first-order valence-electron chi connectivity index (χ1n) is 9.65. The molecule has 0 atom stereocenters. The molecule has 1 saturated heterocycles. The summed E-state index contributed by atoms with van der Waals surface area (Å²) in [5, 5.41) is 3.20. The highest BCUT2D eigenvalue weighted by atomic mass is 32.2. The van der Waals surface area contributed by atoms with Crippen LogP contribution in [0.15, 0.2) is 47.4 Å². The summed E-state index contributed by atoms with van der Waals surface area (Å²) >= 11 is 1.71. The fraction of sp³-hybridized carbons (Fsp3) is 0.409. The first-order chi connectivity index (χ1) is 13.5. The third-order valence-electron chi connectivity index (χ3n) is 4.99.